The lowest BCUT2D eigenvalue weighted by atomic mass is 10.1. The van der Waals surface area contributed by atoms with Gasteiger partial charge in [0.1, 0.15) is 5.38 Å². The number of hydrogen-bond acceptors (Lipinski definition) is 3. The largest absolute Gasteiger partial charge is 0.366 e. The van der Waals surface area contributed by atoms with Crippen molar-refractivity contribution in [2.24, 2.45) is 11.5 Å². The highest BCUT2D eigenvalue weighted by Crippen LogP contribution is 2.15. The van der Waals surface area contributed by atoms with E-state index in [0.29, 0.717) is 0 Å². The molecular weight excluding hydrogens is 258 g/mol. The SMILES string of the molecule is CC(Cl)C(=O)Nc1cc(C(N)=O)cc(C(N)=O)c1. The molecule has 0 aliphatic carbocycles. The van der Waals surface area contributed by atoms with Crippen LogP contribution in [0.2, 0.25) is 0 Å². The first-order valence-corrected chi connectivity index (χ1v) is 5.44. The Morgan fingerprint density at radius 3 is 1.89 bits per heavy atom. The van der Waals surface area contributed by atoms with Crippen molar-refractivity contribution < 1.29 is 14.4 Å². The number of nitrogens with one attached hydrogen (secondary N) is 1. The average Bonchev–Trinajstić information content (AvgIpc) is 2.28. The van der Waals surface area contributed by atoms with Gasteiger partial charge in [-0.1, -0.05) is 0 Å². The number of benzene rings is 1. The number of alkyl halides is 1. The average molecular weight is 270 g/mol. The van der Waals surface area contributed by atoms with Crippen molar-refractivity contribution in [1.29, 1.82) is 0 Å². The molecule has 0 heterocycles. The number of rotatable bonds is 4. The molecule has 1 atom stereocenters. The summed E-state index contributed by atoms with van der Waals surface area (Å²) < 4.78 is 0. The molecule has 3 amide bonds. The van der Waals surface area contributed by atoms with E-state index in [1.54, 1.807) is 0 Å². The van der Waals surface area contributed by atoms with Crippen molar-refractivity contribution in [1.82, 2.24) is 0 Å². The van der Waals surface area contributed by atoms with E-state index in [4.69, 9.17) is 23.1 Å². The molecule has 1 unspecified atom stereocenters. The van der Waals surface area contributed by atoms with Crippen molar-refractivity contribution in [3.63, 3.8) is 0 Å². The summed E-state index contributed by atoms with van der Waals surface area (Å²) in [5, 5.41) is 1.69. The molecule has 1 aromatic carbocycles. The topological polar surface area (TPSA) is 115 Å². The maximum absolute atomic E-state index is 11.4. The van der Waals surface area contributed by atoms with Gasteiger partial charge in [0.05, 0.1) is 0 Å². The van der Waals surface area contributed by atoms with Gasteiger partial charge in [-0.05, 0) is 25.1 Å². The fraction of sp³-hybridized carbons (Fsp3) is 0.182. The van der Waals surface area contributed by atoms with E-state index in [9.17, 15) is 14.4 Å². The second-order valence-corrected chi connectivity index (χ2v) is 4.29. The Bertz CT molecular complexity index is 482. The van der Waals surface area contributed by atoms with Crippen molar-refractivity contribution in [3.8, 4) is 0 Å². The molecule has 5 N–H and O–H groups in total. The van der Waals surface area contributed by atoms with Crippen molar-refractivity contribution >= 4 is 35.0 Å². The van der Waals surface area contributed by atoms with Crippen molar-refractivity contribution in [2.75, 3.05) is 5.32 Å². The first-order valence-electron chi connectivity index (χ1n) is 5.01. The van der Waals surface area contributed by atoms with E-state index in [1.165, 1.54) is 25.1 Å². The zero-order valence-corrected chi connectivity index (χ0v) is 10.3. The van der Waals surface area contributed by atoms with Crippen LogP contribution in [0.3, 0.4) is 0 Å². The van der Waals surface area contributed by atoms with Crippen LogP contribution in [0.4, 0.5) is 5.69 Å². The molecule has 0 bridgehead atoms. The van der Waals surface area contributed by atoms with Gasteiger partial charge in [-0.2, -0.15) is 0 Å². The molecule has 6 nitrogen and oxygen atoms in total. The van der Waals surface area contributed by atoms with E-state index in [1.807, 2.05) is 0 Å². The molecule has 0 aromatic heterocycles. The third-order valence-electron chi connectivity index (χ3n) is 2.13. The van der Waals surface area contributed by atoms with Crippen molar-refractivity contribution in [3.05, 3.63) is 29.3 Å². The smallest absolute Gasteiger partial charge is 0.248 e. The highest BCUT2D eigenvalue weighted by molar-refractivity contribution is 6.32. The van der Waals surface area contributed by atoms with Crippen molar-refractivity contribution in [2.45, 2.75) is 12.3 Å². The monoisotopic (exact) mass is 269 g/mol. The zero-order valence-electron chi connectivity index (χ0n) is 9.57. The van der Waals surface area contributed by atoms with Crippen LogP contribution in [0.15, 0.2) is 18.2 Å². The standard InChI is InChI=1S/C11H12ClN3O3/c1-5(12)11(18)15-8-3-6(9(13)16)2-7(4-8)10(14)17/h2-5H,1H3,(H2,13,16)(H2,14,17)(H,15,18). The minimum Gasteiger partial charge on any atom is -0.366 e. The predicted octanol–water partition coefficient (Wildman–Crippen LogP) is 0.450. The van der Waals surface area contributed by atoms with Crippen LogP contribution in [0.1, 0.15) is 27.6 Å². The van der Waals surface area contributed by atoms with Crippen LogP contribution in [0.25, 0.3) is 0 Å². The van der Waals surface area contributed by atoms with Gasteiger partial charge < -0.3 is 16.8 Å². The summed E-state index contributed by atoms with van der Waals surface area (Å²) in [6.45, 7) is 1.49. The Kier molecular flexibility index (Phi) is 4.28. The summed E-state index contributed by atoms with van der Waals surface area (Å²) in [7, 11) is 0. The molecular formula is C11H12ClN3O3. The molecule has 0 aliphatic rings. The van der Waals surface area contributed by atoms with Crippen LogP contribution in [0, 0.1) is 0 Å². The number of halogens is 1. The maximum atomic E-state index is 11.4. The minimum atomic E-state index is -0.751. The quantitative estimate of drug-likeness (QED) is 0.689. The first-order chi connectivity index (χ1) is 8.31. The van der Waals surface area contributed by atoms with Crippen LogP contribution in [-0.2, 0) is 4.79 Å². The lowest BCUT2D eigenvalue weighted by Gasteiger charge is -2.09. The molecule has 0 radical (unpaired) electrons. The molecule has 0 aliphatic heterocycles. The van der Waals surface area contributed by atoms with Crippen LogP contribution >= 0.6 is 11.6 Å². The molecule has 0 spiro atoms. The van der Waals surface area contributed by atoms with Gasteiger partial charge >= 0.3 is 0 Å². The Morgan fingerprint density at radius 2 is 1.56 bits per heavy atom. The minimum absolute atomic E-state index is 0.0730. The number of anilines is 1. The van der Waals surface area contributed by atoms with E-state index < -0.39 is 23.1 Å². The van der Waals surface area contributed by atoms with Gasteiger partial charge in [0.25, 0.3) is 0 Å². The number of nitrogens with two attached hydrogens (primary N) is 2. The first kappa shape index (κ1) is 14.0. The lowest BCUT2D eigenvalue weighted by Crippen LogP contribution is -2.22. The molecule has 1 aromatic rings. The fourth-order valence-electron chi connectivity index (χ4n) is 1.23. The van der Waals surface area contributed by atoms with E-state index in [-0.39, 0.29) is 16.8 Å². The third-order valence-corrected chi connectivity index (χ3v) is 2.33. The molecule has 1 rings (SSSR count). The molecule has 7 heteroatoms. The number of carbonyl (C=O) groups is 3. The number of amides is 3. The van der Waals surface area contributed by atoms with Gasteiger partial charge in [-0.15, -0.1) is 11.6 Å². The maximum Gasteiger partial charge on any atom is 0.248 e. The van der Waals surface area contributed by atoms with Gasteiger partial charge in [-0.25, -0.2) is 0 Å². The molecule has 0 saturated carbocycles. The van der Waals surface area contributed by atoms with Gasteiger partial charge in [-0.3, -0.25) is 14.4 Å². The second kappa shape index (κ2) is 5.50. The highest BCUT2D eigenvalue weighted by atomic mass is 35.5. The Balaban J connectivity index is 3.15. The third kappa shape index (κ3) is 3.46. The van der Waals surface area contributed by atoms with Crippen LogP contribution < -0.4 is 16.8 Å². The van der Waals surface area contributed by atoms with E-state index in [2.05, 4.69) is 5.32 Å². The van der Waals surface area contributed by atoms with Gasteiger partial charge in [0.15, 0.2) is 0 Å². The second-order valence-electron chi connectivity index (χ2n) is 3.63. The Hall–Kier alpha value is -2.08. The van der Waals surface area contributed by atoms with Crippen LogP contribution in [0.5, 0.6) is 0 Å². The molecule has 18 heavy (non-hydrogen) atoms. The zero-order chi connectivity index (χ0) is 13.9. The Labute approximate surface area is 108 Å². The van der Waals surface area contributed by atoms with E-state index in [0.717, 1.165) is 0 Å². The summed E-state index contributed by atoms with van der Waals surface area (Å²) >= 11 is 5.59. The Morgan fingerprint density at radius 1 is 1.11 bits per heavy atom. The number of carbonyl (C=O) groups excluding carboxylic acids is 3. The summed E-state index contributed by atoms with van der Waals surface area (Å²) in [4.78, 5) is 33.6. The predicted molar refractivity (Wildman–Crippen MR) is 67.4 cm³/mol. The van der Waals surface area contributed by atoms with E-state index >= 15 is 0 Å². The fourth-order valence-corrected chi connectivity index (χ4v) is 1.28. The van der Waals surface area contributed by atoms with Gasteiger partial charge in [0.2, 0.25) is 17.7 Å². The summed E-state index contributed by atoms with van der Waals surface area (Å²) in [6, 6.07) is 3.93. The summed E-state index contributed by atoms with van der Waals surface area (Å²) in [6.07, 6.45) is 0. The number of primary amides is 2. The normalized spacial score (nSPS) is 11.7. The molecule has 0 saturated heterocycles. The highest BCUT2D eigenvalue weighted by Gasteiger charge is 2.13. The number of hydrogen-bond donors (Lipinski definition) is 3. The van der Waals surface area contributed by atoms with Gasteiger partial charge in [0, 0.05) is 16.8 Å². The lowest BCUT2D eigenvalue weighted by molar-refractivity contribution is -0.115. The molecule has 96 valence electrons. The summed E-state index contributed by atoms with van der Waals surface area (Å²) in [5.41, 5.74) is 10.6. The molecule has 0 fully saturated rings. The summed E-state index contributed by atoms with van der Waals surface area (Å²) in [5.74, 6) is -1.92. The van der Waals surface area contributed by atoms with Crippen LogP contribution in [-0.4, -0.2) is 23.1 Å².